The third kappa shape index (κ3) is 3.39. The molecule has 3 N–H and O–H groups in total. The summed E-state index contributed by atoms with van der Waals surface area (Å²) in [4.78, 5) is 21.5. The highest BCUT2D eigenvalue weighted by Gasteiger charge is 2.30. The Morgan fingerprint density at radius 1 is 1.38 bits per heavy atom. The first-order valence-corrected chi connectivity index (χ1v) is 3.79. The van der Waals surface area contributed by atoms with Crippen molar-refractivity contribution in [2.75, 3.05) is 13.7 Å². The summed E-state index contributed by atoms with van der Waals surface area (Å²) in [7, 11) is 1.28. The maximum atomic E-state index is 10.8. The average Bonchev–Trinajstić information content (AvgIpc) is 2.14. The van der Waals surface area contributed by atoms with Crippen molar-refractivity contribution in [2.24, 2.45) is 0 Å². The molecular formula is C7H13NO5. The molecule has 0 aromatic heterocycles. The molecule has 6 nitrogen and oxygen atoms in total. The zero-order valence-corrected chi connectivity index (χ0v) is 7.48. The van der Waals surface area contributed by atoms with Crippen LogP contribution in [0.3, 0.4) is 0 Å². The number of esters is 1. The predicted molar refractivity (Wildman–Crippen MR) is 42.7 cm³/mol. The minimum absolute atomic E-state index is 0.0797. The summed E-state index contributed by atoms with van der Waals surface area (Å²) in [6.45, 7) is 1.63. The number of carbonyl (C=O) groups excluding carboxylic acids is 2. The number of amides is 1. The average molecular weight is 191 g/mol. The minimum Gasteiger partial charge on any atom is -0.464 e. The Morgan fingerprint density at radius 2 is 1.92 bits per heavy atom. The summed E-state index contributed by atoms with van der Waals surface area (Å²) >= 11 is 0. The molecule has 13 heavy (non-hydrogen) atoms. The molecule has 0 saturated heterocycles. The van der Waals surface area contributed by atoms with Gasteiger partial charge in [-0.3, -0.25) is 4.79 Å². The molecule has 0 aliphatic heterocycles. The van der Waals surface area contributed by atoms with Gasteiger partial charge in [-0.05, 0) is 6.92 Å². The number of hydrogen-bond donors (Lipinski definition) is 3. The summed E-state index contributed by atoms with van der Waals surface area (Å²) in [5, 5.41) is 20.1. The number of likely N-dealkylation sites (N-methyl/N-ethyl adjacent to an activating group) is 1. The standard InChI is InChI=1S/C7H13NO5/c1-3-13-7(12)5(10)4(9)6(11)8-2/h4-5,9-10H,3H2,1-2H3,(H,8,11). The topological polar surface area (TPSA) is 95.9 Å². The highest BCUT2D eigenvalue weighted by Crippen LogP contribution is 1.96. The van der Waals surface area contributed by atoms with Gasteiger partial charge in [-0.25, -0.2) is 4.79 Å². The third-order valence-electron chi connectivity index (χ3n) is 1.34. The molecule has 0 bridgehead atoms. The van der Waals surface area contributed by atoms with Crippen molar-refractivity contribution in [3.8, 4) is 0 Å². The fourth-order valence-electron chi connectivity index (χ4n) is 0.648. The second-order valence-electron chi connectivity index (χ2n) is 2.26. The minimum atomic E-state index is -1.83. The van der Waals surface area contributed by atoms with Crippen molar-refractivity contribution in [3.63, 3.8) is 0 Å². The molecular weight excluding hydrogens is 178 g/mol. The van der Waals surface area contributed by atoms with Crippen LogP contribution in [0.15, 0.2) is 0 Å². The molecule has 0 radical (unpaired) electrons. The van der Waals surface area contributed by atoms with Crippen LogP contribution in [0.2, 0.25) is 0 Å². The zero-order valence-electron chi connectivity index (χ0n) is 7.48. The van der Waals surface area contributed by atoms with E-state index in [1.54, 1.807) is 6.92 Å². The van der Waals surface area contributed by atoms with E-state index in [1.807, 2.05) is 0 Å². The summed E-state index contributed by atoms with van der Waals surface area (Å²) in [6, 6.07) is 0. The van der Waals surface area contributed by atoms with Crippen LogP contribution in [0.25, 0.3) is 0 Å². The lowest BCUT2D eigenvalue weighted by molar-refractivity contribution is -0.163. The van der Waals surface area contributed by atoms with Crippen molar-refractivity contribution in [2.45, 2.75) is 19.1 Å². The Balaban J connectivity index is 4.16. The van der Waals surface area contributed by atoms with Gasteiger partial charge in [0, 0.05) is 7.05 Å². The van der Waals surface area contributed by atoms with Crippen molar-refractivity contribution in [1.29, 1.82) is 0 Å². The second-order valence-corrected chi connectivity index (χ2v) is 2.26. The van der Waals surface area contributed by atoms with Gasteiger partial charge in [0.15, 0.2) is 12.2 Å². The van der Waals surface area contributed by atoms with Gasteiger partial charge in [0.1, 0.15) is 0 Å². The molecule has 76 valence electrons. The van der Waals surface area contributed by atoms with Crippen molar-refractivity contribution >= 4 is 11.9 Å². The monoisotopic (exact) mass is 191 g/mol. The van der Waals surface area contributed by atoms with Gasteiger partial charge in [-0.1, -0.05) is 0 Å². The molecule has 0 spiro atoms. The van der Waals surface area contributed by atoms with E-state index in [0.717, 1.165) is 0 Å². The summed E-state index contributed by atoms with van der Waals surface area (Å²) < 4.78 is 4.39. The molecule has 0 aromatic rings. The first-order chi connectivity index (χ1) is 6.04. The van der Waals surface area contributed by atoms with Crippen LogP contribution < -0.4 is 5.32 Å². The number of rotatable bonds is 4. The first-order valence-electron chi connectivity index (χ1n) is 3.79. The molecule has 0 fully saturated rings. The SMILES string of the molecule is CCOC(=O)C(O)C(O)C(=O)NC. The third-order valence-corrected chi connectivity index (χ3v) is 1.34. The van der Waals surface area contributed by atoms with Gasteiger partial charge in [-0.2, -0.15) is 0 Å². The van der Waals surface area contributed by atoms with Crippen LogP contribution in [0.1, 0.15) is 6.92 Å². The Hall–Kier alpha value is -1.14. The van der Waals surface area contributed by atoms with E-state index in [4.69, 9.17) is 10.2 Å². The lowest BCUT2D eigenvalue weighted by atomic mass is 10.2. The Kier molecular flexibility index (Phi) is 5.01. The largest absolute Gasteiger partial charge is 0.464 e. The van der Waals surface area contributed by atoms with Crippen LogP contribution in [-0.4, -0.2) is 48.0 Å². The number of carbonyl (C=O) groups is 2. The van der Waals surface area contributed by atoms with Gasteiger partial charge in [0.25, 0.3) is 5.91 Å². The van der Waals surface area contributed by atoms with Gasteiger partial charge < -0.3 is 20.3 Å². The summed E-state index contributed by atoms with van der Waals surface area (Å²) in [6.07, 6.45) is -3.62. The fourth-order valence-corrected chi connectivity index (χ4v) is 0.648. The molecule has 0 aromatic carbocycles. The van der Waals surface area contributed by atoms with Crippen molar-refractivity contribution in [3.05, 3.63) is 0 Å². The van der Waals surface area contributed by atoms with E-state index in [0.29, 0.717) is 0 Å². The van der Waals surface area contributed by atoms with E-state index >= 15 is 0 Å². The van der Waals surface area contributed by atoms with Crippen LogP contribution >= 0.6 is 0 Å². The molecule has 0 aliphatic carbocycles. The Labute approximate surface area is 75.5 Å². The predicted octanol–water partition coefficient (Wildman–Crippen LogP) is -1.98. The van der Waals surface area contributed by atoms with Crippen LogP contribution in [0.4, 0.5) is 0 Å². The number of hydrogen-bond acceptors (Lipinski definition) is 5. The fraction of sp³-hybridized carbons (Fsp3) is 0.714. The molecule has 0 rings (SSSR count). The summed E-state index contributed by atoms with van der Waals surface area (Å²) in [5.41, 5.74) is 0. The van der Waals surface area contributed by atoms with Crippen LogP contribution in [-0.2, 0) is 14.3 Å². The van der Waals surface area contributed by atoms with Gasteiger partial charge in [0.2, 0.25) is 0 Å². The van der Waals surface area contributed by atoms with Crippen LogP contribution in [0.5, 0.6) is 0 Å². The lowest BCUT2D eigenvalue weighted by Gasteiger charge is -2.14. The second kappa shape index (κ2) is 5.50. The lowest BCUT2D eigenvalue weighted by Crippen LogP contribution is -2.45. The van der Waals surface area contributed by atoms with E-state index in [2.05, 4.69) is 10.1 Å². The highest BCUT2D eigenvalue weighted by molar-refractivity contribution is 5.88. The smallest absolute Gasteiger partial charge is 0.338 e. The molecule has 1 amide bonds. The molecule has 2 unspecified atom stereocenters. The Bertz CT molecular complexity index is 193. The van der Waals surface area contributed by atoms with Gasteiger partial charge in [-0.15, -0.1) is 0 Å². The van der Waals surface area contributed by atoms with E-state index < -0.39 is 24.1 Å². The molecule has 6 heteroatoms. The normalized spacial score (nSPS) is 14.5. The zero-order chi connectivity index (χ0) is 10.4. The number of ether oxygens (including phenoxy) is 1. The summed E-state index contributed by atoms with van der Waals surface area (Å²) in [5.74, 6) is -1.85. The van der Waals surface area contributed by atoms with Crippen LogP contribution in [0, 0.1) is 0 Å². The quantitative estimate of drug-likeness (QED) is 0.447. The van der Waals surface area contributed by atoms with Crippen molar-refractivity contribution < 1.29 is 24.5 Å². The van der Waals surface area contributed by atoms with Crippen molar-refractivity contribution in [1.82, 2.24) is 5.32 Å². The molecule has 2 atom stereocenters. The Morgan fingerprint density at radius 3 is 2.31 bits per heavy atom. The first kappa shape index (κ1) is 11.9. The van der Waals surface area contributed by atoms with Gasteiger partial charge >= 0.3 is 5.97 Å². The molecule has 0 aliphatic rings. The van der Waals surface area contributed by atoms with E-state index in [9.17, 15) is 9.59 Å². The van der Waals surface area contributed by atoms with E-state index in [-0.39, 0.29) is 6.61 Å². The van der Waals surface area contributed by atoms with Gasteiger partial charge in [0.05, 0.1) is 6.61 Å². The number of nitrogens with one attached hydrogen (secondary N) is 1. The number of aliphatic hydroxyl groups is 2. The highest BCUT2D eigenvalue weighted by atomic mass is 16.5. The maximum Gasteiger partial charge on any atom is 0.338 e. The number of aliphatic hydroxyl groups excluding tert-OH is 2. The van der Waals surface area contributed by atoms with E-state index in [1.165, 1.54) is 7.05 Å². The maximum absolute atomic E-state index is 10.8. The molecule has 0 saturated carbocycles. The molecule has 0 heterocycles.